The summed E-state index contributed by atoms with van der Waals surface area (Å²) in [5, 5.41) is 0. The van der Waals surface area contributed by atoms with Crippen molar-refractivity contribution in [2.75, 3.05) is 26.4 Å². The summed E-state index contributed by atoms with van der Waals surface area (Å²) in [5.74, 6) is 5.17. The number of hydrogen-bond donors (Lipinski definition) is 0. The number of carbonyl (C=O) groups excluding carboxylic acids is 1. The van der Waals surface area contributed by atoms with Gasteiger partial charge in [0, 0.05) is 5.56 Å². The van der Waals surface area contributed by atoms with Crippen molar-refractivity contribution in [2.24, 2.45) is 23.7 Å². The van der Waals surface area contributed by atoms with Crippen molar-refractivity contribution in [1.82, 2.24) is 0 Å². The maximum absolute atomic E-state index is 12.4. The topological polar surface area (TPSA) is 54.0 Å². The molecule has 312 valence electrons. The third-order valence-corrected chi connectivity index (χ3v) is 11.7. The molecule has 4 atom stereocenters. The summed E-state index contributed by atoms with van der Waals surface area (Å²) in [4.78, 5) is 12.4. The quantitative estimate of drug-likeness (QED) is 0.0610. The number of hydrogen-bond acceptors (Lipinski definition) is 5. The molecule has 0 saturated carbocycles. The monoisotopic (exact) mass is 771 g/mol. The molecule has 0 aliphatic rings. The highest BCUT2D eigenvalue weighted by Gasteiger charge is 2.18. The molecule has 3 aromatic carbocycles. The molecule has 3 rings (SSSR count). The Hall–Kier alpha value is -3.47. The molecule has 5 nitrogen and oxygen atoms in total. The highest BCUT2D eigenvalue weighted by Crippen LogP contribution is 2.39. The fourth-order valence-electron chi connectivity index (χ4n) is 7.32. The van der Waals surface area contributed by atoms with Crippen molar-refractivity contribution in [3.63, 3.8) is 0 Å². The van der Waals surface area contributed by atoms with Crippen LogP contribution in [0.5, 0.6) is 23.0 Å². The molecule has 0 aliphatic carbocycles. The van der Waals surface area contributed by atoms with E-state index >= 15 is 0 Å². The SMILES string of the molecule is CCCCC(CC)COc1ccc(-c2cc(C=O)cc(-c3ccc(OCC(CC)CCCC)c(OCC(CC)CCCC)c3)c2)cc1OCC(CC)CCCC. The Kier molecular flexibility index (Phi) is 22.8. The van der Waals surface area contributed by atoms with E-state index in [1.54, 1.807) is 0 Å². The molecule has 0 aliphatic heterocycles. The summed E-state index contributed by atoms with van der Waals surface area (Å²) >= 11 is 0. The summed E-state index contributed by atoms with van der Waals surface area (Å²) in [6.45, 7) is 20.7. The minimum atomic E-state index is 0.496. The van der Waals surface area contributed by atoms with E-state index in [0.29, 0.717) is 55.7 Å². The van der Waals surface area contributed by atoms with Crippen LogP contribution < -0.4 is 18.9 Å². The fourth-order valence-corrected chi connectivity index (χ4v) is 7.32. The van der Waals surface area contributed by atoms with Crippen LogP contribution >= 0.6 is 0 Å². The van der Waals surface area contributed by atoms with E-state index in [0.717, 1.165) is 90.1 Å². The first-order valence-electron chi connectivity index (χ1n) is 22.8. The fraction of sp³-hybridized carbons (Fsp3) is 0.627. The van der Waals surface area contributed by atoms with Crippen LogP contribution in [0.15, 0.2) is 54.6 Å². The Bertz CT molecular complexity index is 1410. The average molecular weight is 771 g/mol. The molecule has 0 saturated heterocycles. The van der Waals surface area contributed by atoms with Crippen molar-refractivity contribution < 1.29 is 23.7 Å². The first kappa shape index (κ1) is 46.9. The van der Waals surface area contributed by atoms with Crippen LogP contribution in [0.4, 0.5) is 0 Å². The van der Waals surface area contributed by atoms with Crippen molar-refractivity contribution in [3.05, 3.63) is 60.2 Å². The lowest BCUT2D eigenvalue weighted by molar-refractivity contribution is 0.112. The van der Waals surface area contributed by atoms with Crippen LogP contribution in [0, 0.1) is 23.7 Å². The zero-order valence-electron chi connectivity index (χ0n) is 36.8. The predicted octanol–water partition coefficient (Wildman–Crippen LogP) is 15.2. The lowest BCUT2D eigenvalue weighted by Crippen LogP contribution is -2.14. The molecule has 0 spiro atoms. The second-order valence-corrected chi connectivity index (χ2v) is 16.2. The van der Waals surface area contributed by atoms with Crippen LogP contribution in [-0.4, -0.2) is 32.7 Å². The summed E-state index contributed by atoms with van der Waals surface area (Å²) in [6, 6.07) is 18.7. The van der Waals surface area contributed by atoms with Gasteiger partial charge in [-0.15, -0.1) is 0 Å². The second-order valence-electron chi connectivity index (χ2n) is 16.2. The summed E-state index contributed by atoms with van der Waals surface area (Å²) in [6.07, 6.45) is 19.6. The third kappa shape index (κ3) is 15.8. The molecule has 0 bridgehead atoms. The van der Waals surface area contributed by atoms with Crippen molar-refractivity contribution in [2.45, 2.75) is 158 Å². The van der Waals surface area contributed by atoms with E-state index in [2.05, 4.69) is 97.9 Å². The Morgan fingerprint density at radius 2 is 0.732 bits per heavy atom. The lowest BCUT2D eigenvalue weighted by Gasteiger charge is -2.21. The molecule has 0 N–H and O–H groups in total. The predicted molar refractivity (Wildman–Crippen MR) is 238 cm³/mol. The largest absolute Gasteiger partial charge is 0.489 e. The average Bonchev–Trinajstić information content (AvgIpc) is 3.24. The molecule has 0 radical (unpaired) electrons. The first-order valence-corrected chi connectivity index (χ1v) is 22.8. The van der Waals surface area contributed by atoms with Gasteiger partial charge < -0.3 is 18.9 Å². The summed E-state index contributed by atoms with van der Waals surface area (Å²) < 4.78 is 26.3. The van der Waals surface area contributed by atoms with Gasteiger partial charge in [-0.2, -0.15) is 0 Å². The van der Waals surface area contributed by atoms with Gasteiger partial charge in [0.05, 0.1) is 26.4 Å². The van der Waals surface area contributed by atoms with Gasteiger partial charge in [-0.25, -0.2) is 0 Å². The van der Waals surface area contributed by atoms with Gasteiger partial charge in [-0.1, -0.05) is 145 Å². The van der Waals surface area contributed by atoms with E-state index < -0.39 is 0 Å². The number of aldehydes is 1. The lowest BCUT2D eigenvalue weighted by atomic mass is 9.95. The standard InChI is InChI=1S/C51H78O5/c1-9-17-21-39(13-5)35-53-48-27-25-44(32-50(48)55-37-41(15-7)23-19-11-3)46-29-43(34-52)30-47(31-46)45-26-28-49(54-36-40(14-6)22-18-10-2)51(33-45)56-38-42(16-8)24-20-12-4/h25-34,39-42H,9-24,35-38H2,1-8H3. The molecule has 5 heteroatoms. The zero-order chi connectivity index (χ0) is 40.5. The Morgan fingerprint density at radius 3 is 1.02 bits per heavy atom. The van der Waals surface area contributed by atoms with E-state index in [9.17, 15) is 4.79 Å². The van der Waals surface area contributed by atoms with Crippen molar-refractivity contribution in [3.8, 4) is 45.3 Å². The van der Waals surface area contributed by atoms with E-state index in [-0.39, 0.29) is 0 Å². The number of benzene rings is 3. The van der Waals surface area contributed by atoms with Crippen molar-refractivity contribution >= 4 is 6.29 Å². The van der Waals surface area contributed by atoms with E-state index in [4.69, 9.17) is 18.9 Å². The van der Waals surface area contributed by atoms with E-state index in [1.165, 1.54) is 64.2 Å². The number of unbranched alkanes of at least 4 members (excludes halogenated alkanes) is 4. The smallest absolute Gasteiger partial charge is 0.161 e. The van der Waals surface area contributed by atoms with Crippen LogP contribution in [0.25, 0.3) is 22.3 Å². The third-order valence-electron chi connectivity index (χ3n) is 11.7. The molecule has 4 unspecified atom stereocenters. The number of ether oxygens (including phenoxy) is 4. The highest BCUT2D eigenvalue weighted by atomic mass is 16.5. The van der Waals surface area contributed by atoms with Crippen LogP contribution in [0.1, 0.15) is 168 Å². The van der Waals surface area contributed by atoms with E-state index in [1.807, 2.05) is 12.1 Å². The molecule has 0 amide bonds. The molecule has 0 fully saturated rings. The Labute approximate surface area is 342 Å². The molecular formula is C51H78O5. The number of carbonyl (C=O) groups is 1. The van der Waals surface area contributed by atoms with Crippen molar-refractivity contribution in [1.29, 1.82) is 0 Å². The Balaban J connectivity index is 2.02. The molecule has 56 heavy (non-hydrogen) atoms. The van der Waals surface area contributed by atoms with Gasteiger partial charge >= 0.3 is 0 Å². The van der Waals surface area contributed by atoms with Crippen LogP contribution in [0.2, 0.25) is 0 Å². The second kappa shape index (κ2) is 27.2. The van der Waals surface area contributed by atoms with Gasteiger partial charge in [0.1, 0.15) is 6.29 Å². The number of rotatable bonds is 31. The first-order chi connectivity index (χ1) is 27.4. The normalized spacial score (nSPS) is 13.5. The molecule has 0 aromatic heterocycles. The molecule has 0 heterocycles. The van der Waals surface area contributed by atoms with Gasteiger partial charge in [-0.05, 0) is 114 Å². The molecular weight excluding hydrogens is 693 g/mol. The minimum Gasteiger partial charge on any atom is -0.489 e. The Morgan fingerprint density at radius 1 is 0.411 bits per heavy atom. The van der Waals surface area contributed by atoms with Gasteiger partial charge in [-0.3, -0.25) is 4.79 Å². The van der Waals surface area contributed by atoms with Gasteiger partial charge in [0.25, 0.3) is 0 Å². The molecule has 3 aromatic rings. The van der Waals surface area contributed by atoms with Gasteiger partial charge in [0.2, 0.25) is 0 Å². The van der Waals surface area contributed by atoms with Crippen LogP contribution in [-0.2, 0) is 0 Å². The summed E-state index contributed by atoms with van der Waals surface area (Å²) in [5.41, 5.74) is 4.54. The maximum atomic E-state index is 12.4. The summed E-state index contributed by atoms with van der Waals surface area (Å²) in [7, 11) is 0. The van der Waals surface area contributed by atoms with Gasteiger partial charge in [0.15, 0.2) is 23.0 Å². The zero-order valence-corrected chi connectivity index (χ0v) is 36.8. The maximum Gasteiger partial charge on any atom is 0.161 e. The highest BCUT2D eigenvalue weighted by molar-refractivity contribution is 5.85. The van der Waals surface area contributed by atoms with Crippen LogP contribution in [0.3, 0.4) is 0 Å². The minimum absolute atomic E-state index is 0.496.